The van der Waals surface area contributed by atoms with Crippen LogP contribution in [-0.4, -0.2) is 46.0 Å². The van der Waals surface area contributed by atoms with Gasteiger partial charge in [-0.1, -0.05) is 18.0 Å². The van der Waals surface area contributed by atoms with E-state index < -0.39 is 6.10 Å². The number of hydrogen-bond donors (Lipinski definition) is 1. The molecule has 32 heavy (non-hydrogen) atoms. The van der Waals surface area contributed by atoms with Crippen molar-refractivity contribution in [2.45, 2.75) is 32.9 Å². The molecule has 1 aliphatic rings. The van der Waals surface area contributed by atoms with Gasteiger partial charge in [0.05, 0.1) is 17.1 Å². The summed E-state index contributed by atoms with van der Waals surface area (Å²) < 4.78 is 5.96. The molecule has 0 radical (unpaired) electrons. The van der Waals surface area contributed by atoms with Crippen LogP contribution in [0.4, 0.5) is 0 Å². The van der Waals surface area contributed by atoms with E-state index in [9.17, 15) is 10.4 Å². The Hall–Kier alpha value is -3.19. The fraction of sp³-hybridized carbons (Fsp3) is 0.304. The molecule has 1 N–H and O–H groups in total. The van der Waals surface area contributed by atoms with Crippen LogP contribution in [0.3, 0.4) is 0 Å². The lowest BCUT2D eigenvalue weighted by Crippen LogP contribution is -2.11. The molecule has 5 rings (SSSR count). The lowest BCUT2D eigenvalue weighted by atomic mass is 10.1. The third-order valence-electron chi connectivity index (χ3n) is 5.59. The van der Waals surface area contributed by atoms with Crippen LogP contribution in [0.15, 0.2) is 42.7 Å². The summed E-state index contributed by atoms with van der Waals surface area (Å²) in [5.41, 5.74) is 4.83. The summed E-state index contributed by atoms with van der Waals surface area (Å²) in [5, 5.41) is 23.9. The maximum Gasteiger partial charge on any atom is 0.163 e. The quantitative estimate of drug-likeness (QED) is 0.468. The van der Waals surface area contributed by atoms with Gasteiger partial charge >= 0.3 is 0 Å². The normalized spacial score (nSPS) is 15.3. The second kappa shape index (κ2) is 8.39. The van der Waals surface area contributed by atoms with E-state index in [-0.39, 0.29) is 0 Å². The fourth-order valence-electron chi connectivity index (χ4n) is 3.98. The smallest absolute Gasteiger partial charge is 0.163 e. The number of aliphatic hydroxyl groups excluding tert-OH is 1. The third kappa shape index (κ3) is 3.77. The zero-order chi connectivity index (χ0) is 22.2. The number of rotatable bonds is 5. The lowest BCUT2D eigenvalue weighted by Gasteiger charge is -2.15. The van der Waals surface area contributed by atoms with Gasteiger partial charge in [0.15, 0.2) is 11.5 Å². The molecule has 0 amide bonds. The Balaban J connectivity index is 1.60. The monoisotopic (exact) mass is 445 g/mol. The van der Waals surface area contributed by atoms with Gasteiger partial charge in [-0.3, -0.25) is 4.57 Å². The maximum absolute atomic E-state index is 10.3. The minimum atomic E-state index is -0.732. The SMILES string of the molecule is Cc1cc(C#N)nn1-c1nc(-n2cnc3ccc(CN4CCCS4)cc32)ccc1C(C)O. The summed E-state index contributed by atoms with van der Waals surface area (Å²) in [6.45, 7) is 5.57. The summed E-state index contributed by atoms with van der Waals surface area (Å²) >= 11 is 1.90. The van der Waals surface area contributed by atoms with Gasteiger partial charge in [0.25, 0.3) is 0 Å². The zero-order valence-corrected chi connectivity index (χ0v) is 18.7. The van der Waals surface area contributed by atoms with Crippen molar-refractivity contribution in [2.24, 2.45) is 0 Å². The molecule has 1 saturated heterocycles. The van der Waals surface area contributed by atoms with Gasteiger partial charge in [-0.25, -0.2) is 19.0 Å². The summed E-state index contributed by atoms with van der Waals surface area (Å²) in [6.07, 6.45) is 2.27. The Bertz CT molecular complexity index is 1330. The predicted molar refractivity (Wildman–Crippen MR) is 124 cm³/mol. The van der Waals surface area contributed by atoms with E-state index in [2.05, 4.69) is 32.6 Å². The third-order valence-corrected chi connectivity index (χ3v) is 6.73. The van der Waals surface area contributed by atoms with Crippen molar-refractivity contribution in [3.63, 3.8) is 0 Å². The van der Waals surface area contributed by atoms with E-state index >= 15 is 0 Å². The van der Waals surface area contributed by atoms with Gasteiger partial charge in [0.1, 0.15) is 18.2 Å². The number of aromatic nitrogens is 5. The molecule has 1 atom stereocenters. The Morgan fingerprint density at radius 2 is 2.12 bits per heavy atom. The highest BCUT2D eigenvalue weighted by atomic mass is 32.2. The first-order chi connectivity index (χ1) is 15.5. The van der Waals surface area contributed by atoms with Crippen LogP contribution in [-0.2, 0) is 6.54 Å². The second-order valence-corrected chi connectivity index (χ2v) is 9.12. The van der Waals surface area contributed by atoms with Crippen LogP contribution in [0.2, 0.25) is 0 Å². The Morgan fingerprint density at radius 1 is 1.25 bits per heavy atom. The Morgan fingerprint density at radius 3 is 2.84 bits per heavy atom. The van der Waals surface area contributed by atoms with Gasteiger partial charge in [0.2, 0.25) is 0 Å². The predicted octanol–water partition coefficient (Wildman–Crippen LogP) is 3.69. The molecule has 1 fully saturated rings. The maximum atomic E-state index is 10.3. The first-order valence-corrected chi connectivity index (χ1v) is 11.5. The van der Waals surface area contributed by atoms with Crippen LogP contribution >= 0.6 is 11.9 Å². The van der Waals surface area contributed by atoms with E-state index in [0.29, 0.717) is 22.9 Å². The van der Waals surface area contributed by atoms with Gasteiger partial charge in [0, 0.05) is 30.1 Å². The van der Waals surface area contributed by atoms with Crippen molar-refractivity contribution in [3.05, 3.63) is 65.2 Å². The highest BCUT2D eigenvalue weighted by molar-refractivity contribution is 7.97. The van der Waals surface area contributed by atoms with Gasteiger partial charge in [-0.05, 0) is 56.2 Å². The van der Waals surface area contributed by atoms with E-state index in [0.717, 1.165) is 29.8 Å². The van der Waals surface area contributed by atoms with Crippen molar-refractivity contribution in [3.8, 4) is 17.7 Å². The van der Waals surface area contributed by atoms with E-state index in [1.807, 2.05) is 41.6 Å². The highest BCUT2D eigenvalue weighted by Gasteiger charge is 2.18. The molecular formula is C23H23N7OS. The minimum absolute atomic E-state index is 0.309. The average Bonchev–Trinajstić information content (AvgIpc) is 3.53. The molecule has 4 aromatic rings. The molecule has 3 aromatic heterocycles. The van der Waals surface area contributed by atoms with Crippen LogP contribution < -0.4 is 0 Å². The summed E-state index contributed by atoms with van der Waals surface area (Å²) in [5.74, 6) is 2.36. The fourth-order valence-corrected chi connectivity index (χ4v) is 5.00. The second-order valence-electron chi connectivity index (χ2n) is 7.94. The molecule has 8 nitrogen and oxygen atoms in total. The molecule has 1 aliphatic heterocycles. The van der Waals surface area contributed by atoms with Gasteiger partial charge in [-0.15, -0.1) is 0 Å². The topological polar surface area (TPSA) is 95.8 Å². The molecule has 0 saturated carbocycles. The summed E-state index contributed by atoms with van der Waals surface area (Å²) in [7, 11) is 0. The molecule has 0 spiro atoms. The number of benzene rings is 1. The van der Waals surface area contributed by atoms with Crippen LogP contribution in [0.25, 0.3) is 22.7 Å². The largest absolute Gasteiger partial charge is 0.389 e. The van der Waals surface area contributed by atoms with E-state index in [4.69, 9.17) is 4.98 Å². The van der Waals surface area contributed by atoms with E-state index in [1.165, 1.54) is 17.7 Å². The highest BCUT2D eigenvalue weighted by Crippen LogP contribution is 2.27. The van der Waals surface area contributed by atoms with Crippen molar-refractivity contribution in [1.29, 1.82) is 5.26 Å². The molecule has 0 bridgehead atoms. The summed E-state index contributed by atoms with van der Waals surface area (Å²) in [4.78, 5) is 9.39. The number of nitrogens with zero attached hydrogens (tertiary/aromatic N) is 7. The standard InChI is InChI=1S/C23H23N7OS/c1-15-10-18(12-24)27-30(15)23-19(16(2)31)5-7-22(26-23)29-14-25-20-6-4-17(11-21(20)29)13-28-8-3-9-32-28/h4-7,10-11,14,16,31H,3,8-9,13H2,1-2H3. The number of nitriles is 1. The Kier molecular flexibility index (Phi) is 5.43. The van der Waals surface area contributed by atoms with Crippen LogP contribution in [0.5, 0.6) is 0 Å². The molecule has 1 unspecified atom stereocenters. The molecular weight excluding hydrogens is 422 g/mol. The number of fused-ring (bicyclic) bond motifs is 1. The van der Waals surface area contributed by atoms with Crippen molar-refractivity contribution in [2.75, 3.05) is 12.3 Å². The van der Waals surface area contributed by atoms with Gasteiger partial charge < -0.3 is 5.11 Å². The Labute approximate surface area is 190 Å². The molecule has 4 heterocycles. The molecule has 1 aromatic carbocycles. The van der Waals surface area contributed by atoms with Crippen LogP contribution in [0.1, 0.15) is 42.0 Å². The first kappa shape index (κ1) is 20.7. The van der Waals surface area contributed by atoms with Crippen molar-refractivity contribution >= 4 is 23.0 Å². The minimum Gasteiger partial charge on any atom is -0.389 e. The average molecular weight is 446 g/mol. The van der Waals surface area contributed by atoms with Crippen LogP contribution in [0, 0.1) is 18.3 Å². The van der Waals surface area contributed by atoms with E-state index in [1.54, 1.807) is 24.0 Å². The summed E-state index contributed by atoms with van der Waals surface area (Å²) in [6, 6.07) is 13.8. The molecule has 162 valence electrons. The number of hydrogen-bond acceptors (Lipinski definition) is 7. The number of aryl methyl sites for hydroxylation is 1. The molecule has 0 aliphatic carbocycles. The molecule has 9 heteroatoms. The van der Waals surface area contributed by atoms with Crippen molar-refractivity contribution in [1.82, 2.24) is 28.6 Å². The van der Waals surface area contributed by atoms with Gasteiger partial charge in [-0.2, -0.15) is 10.4 Å². The van der Waals surface area contributed by atoms with Crippen molar-refractivity contribution < 1.29 is 5.11 Å². The number of pyridine rings is 1. The first-order valence-electron chi connectivity index (χ1n) is 10.5. The number of imidazole rings is 1. The lowest BCUT2D eigenvalue weighted by molar-refractivity contribution is 0.198. The zero-order valence-electron chi connectivity index (χ0n) is 17.9. The number of aliphatic hydroxyl groups is 1.